The van der Waals surface area contributed by atoms with Crippen LogP contribution in [-0.4, -0.2) is 48.8 Å². The van der Waals surface area contributed by atoms with Crippen LogP contribution in [0.15, 0.2) is 0 Å². The molecule has 27 heavy (non-hydrogen) atoms. The fourth-order valence-corrected chi connectivity index (χ4v) is 2.46. The molecule has 0 aliphatic carbocycles. The summed E-state index contributed by atoms with van der Waals surface area (Å²) in [5, 5.41) is 11.5. The van der Waals surface area contributed by atoms with Crippen LogP contribution in [0, 0.1) is 5.92 Å². The Kier molecular flexibility index (Phi) is 7.58. The minimum atomic E-state index is -4.97. The van der Waals surface area contributed by atoms with Crippen molar-refractivity contribution in [2.24, 2.45) is 5.92 Å². The molecule has 2 N–H and O–H groups in total. The molecule has 0 fully saturated rings. The van der Waals surface area contributed by atoms with Crippen LogP contribution in [0.1, 0.15) is 52.7 Å². The maximum absolute atomic E-state index is 13.6. The second-order valence-corrected chi connectivity index (χ2v) is 6.34. The highest BCUT2D eigenvalue weighted by Crippen LogP contribution is 2.37. The fourth-order valence-electron chi connectivity index (χ4n) is 2.46. The standard InChI is InChI=1S/C17H23F3N2O5/c1-8(2)6-10-11(14(24)21-7-9(3)23)13(17(18,19)20)22-15(26-4)12(10)16(25)27-5/h8-9,23H,6-7H2,1-5H3,(H,21,24). The lowest BCUT2D eigenvalue weighted by atomic mass is 9.92. The van der Waals surface area contributed by atoms with Crippen LogP contribution in [0.5, 0.6) is 5.88 Å². The second kappa shape index (κ2) is 9.03. The monoisotopic (exact) mass is 392 g/mol. The largest absolute Gasteiger partial charge is 0.480 e. The number of esters is 1. The van der Waals surface area contributed by atoms with E-state index < -0.39 is 41.3 Å². The van der Waals surface area contributed by atoms with Crippen LogP contribution in [-0.2, 0) is 17.3 Å². The topological polar surface area (TPSA) is 97.8 Å². The van der Waals surface area contributed by atoms with Gasteiger partial charge in [0.1, 0.15) is 5.56 Å². The van der Waals surface area contributed by atoms with E-state index in [1.165, 1.54) is 6.92 Å². The van der Waals surface area contributed by atoms with E-state index in [2.05, 4.69) is 15.0 Å². The zero-order chi connectivity index (χ0) is 20.9. The van der Waals surface area contributed by atoms with Crippen molar-refractivity contribution in [3.05, 3.63) is 22.4 Å². The molecule has 1 aromatic rings. The summed E-state index contributed by atoms with van der Waals surface area (Å²) in [7, 11) is 2.13. The number of aliphatic hydroxyl groups is 1. The normalized spacial score (nSPS) is 12.7. The molecule has 1 rings (SSSR count). The van der Waals surface area contributed by atoms with Crippen LogP contribution in [0.4, 0.5) is 13.2 Å². The number of ether oxygens (including phenoxy) is 2. The molecule has 1 heterocycles. The van der Waals surface area contributed by atoms with Crippen LogP contribution >= 0.6 is 0 Å². The van der Waals surface area contributed by atoms with Gasteiger partial charge in [0.2, 0.25) is 5.88 Å². The third-order valence-corrected chi connectivity index (χ3v) is 3.52. The molecule has 0 radical (unpaired) electrons. The predicted molar refractivity (Wildman–Crippen MR) is 89.7 cm³/mol. The number of aliphatic hydroxyl groups excluding tert-OH is 1. The van der Waals surface area contributed by atoms with E-state index in [1.54, 1.807) is 13.8 Å². The van der Waals surface area contributed by atoms with Crippen LogP contribution < -0.4 is 10.1 Å². The number of carbonyl (C=O) groups is 2. The quantitative estimate of drug-likeness (QED) is 0.691. The lowest BCUT2D eigenvalue weighted by molar-refractivity contribution is -0.141. The lowest BCUT2D eigenvalue weighted by Crippen LogP contribution is -2.34. The Morgan fingerprint density at radius 1 is 1.19 bits per heavy atom. The minimum absolute atomic E-state index is 0.0240. The van der Waals surface area contributed by atoms with Crippen molar-refractivity contribution in [2.45, 2.75) is 39.5 Å². The summed E-state index contributed by atoms with van der Waals surface area (Å²) in [5.41, 5.74) is -2.74. The molecular formula is C17H23F3N2O5. The van der Waals surface area contributed by atoms with Gasteiger partial charge in [0.25, 0.3) is 5.91 Å². The number of alkyl halides is 3. The Hall–Kier alpha value is -2.36. The molecule has 0 saturated carbocycles. The average Bonchev–Trinajstić information content (AvgIpc) is 2.56. The number of methoxy groups -OCH3 is 2. The van der Waals surface area contributed by atoms with Crippen LogP contribution in [0.2, 0.25) is 0 Å². The number of rotatable bonds is 7. The van der Waals surface area contributed by atoms with Gasteiger partial charge in [0.15, 0.2) is 5.69 Å². The summed E-state index contributed by atoms with van der Waals surface area (Å²) in [4.78, 5) is 28.1. The van der Waals surface area contributed by atoms with Gasteiger partial charge in [-0.2, -0.15) is 13.2 Å². The van der Waals surface area contributed by atoms with Gasteiger partial charge < -0.3 is 19.9 Å². The third-order valence-electron chi connectivity index (χ3n) is 3.52. The molecule has 0 spiro atoms. The molecule has 0 bridgehead atoms. The summed E-state index contributed by atoms with van der Waals surface area (Å²) in [6, 6.07) is 0. The van der Waals surface area contributed by atoms with Crippen LogP contribution in [0.3, 0.4) is 0 Å². The second-order valence-electron chi connectivity index (χ2n) is 6.34. The number of nitrogens with one attached hydrogen (secondary N) is 1. The van der Waals surface area contributed by atoms with Crippen molar-refractivity contribution in [3.8, 4) is 5.88 Å². The lowest BCUT2D eigenvalue weighted by Gasteiger charge is -2.21. The van der Waals surface area contributed by atoms with Crippen molar-refractivity contribution < 1.29 is 37.3 Å². The van der Waals surface area contributed by atoms with Gasteiger partial charge >= 0.3 is 12.1 Å². The van der Waals surface area contributed by atoms with Gasteiger partial charge in [-0.05, 0) is 24.8 Å². The van der Waals surface area contributed by atoms with E-state index in [4.69, 9.17) is 4.74 Å². The first-order valence-electron chi connectivity index (χ1n) is 8.16. The summed E-state index contributed by atoms with van der Waals surface area (Å²) >= 11 is 0. The number of hydrogen-bond donors (Lipinski definition) is 2. The van der Waals surface area contributed by atoms with Crippen molar-refractivity contribution in [2.75, 3.05) is 20.8 Å². The van der Waals surface area contributed by atoms with Crippen molar-refractivity contribution in [3.63, 3.8) is 0 Å². The third kappa shape index (κ3) is 5.56. The molecule has 0 saturated heterocycles. The summed E-state index contributed by atoms with van der Waals surface area (Å²) in [6.07, 6.45) is -5.96. The highest BCUT2D eigenvalue weighted by molar-refractivity contribution is 6.02. The van der Waals surface area contributed by atoms with Crippen molar-refractivity contribution in [1.29, 1.82) is 0 Å². The van der Waals surface area contributed by atoms with E-state index in [0.717, 1.165) is 14.2 Å². The summed E-state index contributed by atoms with van der Waals surface area (Å²) in [6.45, 7) is 4.54. The van der Waals surface area contributed by atoms with E-state index in [0.29, 0.717) is 0 Å². The first-order chi connectivity index (χ1) is 12.4. The van der Waals surface area contributed by atoms with Crippen LogP contribution in [0.25, 0.3) is 0 Å². The van der Waals surface area contributed by atoms with Gasteiger partial charge in [0, 0.05) is 6.54 Å². The number of carbonyl (C=O) groups excluding carboxylic acids is 2. The molecule has 0 aliphatic rings. The van der Waals surface area contributed by atoms with E-state index in [9.17, 15) is 27.9 Å². The number of amides is 1. The number of halogens is 3. The Balaban J connectivity index is 3.85. The highest BCUT2D eigenvalue weighted by atomic mass is 19.4. The number of nitrogens with zero attached hydrogens (tertiary/aromatic N) is 1. The molecular weight excluding hydrogens is 369 g/mol. The Morgan fingerprint density at radius 3 is 2.19 bits per heavy atom. The minimum Gasteiger partial charge on any atom is -0.480 e. The van der Waals surface area contributed by atoms with E-state index in [-0.39, 0.29) is 30.0 Å². The summed E-state index contributed by atoms with van der Waals surface area (Å²) in [5.74, 6) is -2.82. The molecule has 1 aromatic heterocycles. The van der Waals surface area contributed by atoms with E-state index in [1.807, 2.05) is 0 Å². The highest BCUT2D eigenvalue weighted by Gasteiger charge is 2.42. The number of aromatic nitrogens is 1. The molecule has 1 unspecified atom stereocenters. The van der Waals surface area contributed by atoms with Gasteiger partial charge in [0.05, 0.1) is 25.9 Å². The zero-order valence-corrected chi connectivity index (χ0v) is 15.7. The molecule has 7 nitrogen and oxygen atoms in total. The summed E-state index contributed by atoms with van der Waals surface area (Å²) < 4.78 is 50.3. The van der Waals surface area contributed by atoms with Crippen molar-refractivity contribution in [1.82, 2.24) is 10.3 Å². The average molecular weight is 392 g/mol. The number of hydrogen-bond acceptors (Lipinski definition) is 6. The van der Waals surface area contributed by atoms with Crippen molar-refractivity contribution >= 4 is 11.9 Å². The van der Waals surface area contributed by atoms with Gasteiger partial charge in [-0.25, -0.2) is 9.78 Å². The fraction of sp³-hybridized carbons (Fsp3) is 0.588. The molecule has 0 aromatic carbocycles. The van der Waals surface area contributed by atoms with Gasteiger partial charge in [-0.1, -0.05) is 13.8 Å². The maximum Gasteiger partial charge on any atom is 0.434 e. The molecule has 152 valence electrons. The Morgan fingerprint density at radius 2 is 1.78 bits per heavy atom. The Labute approximate surface area is 154 Å². The zero-order valence-electron chi connectivity index (χ0n) is 15.7. The first kappa shape index (κ1) is 22.7. The molecule has 10 heteroatoms. The molecule has 1 amide bonds. The maximum atomic E-state index is 13.6. The van der Waals surface area contributed by atoms with E-state index >= 15 is 0 Å². The number of pyridine rings is 1. The first-order valence-corrected chi connectivity index (χ1v) is 8.16. The van der Waals surface area contributed by atoms with Gasteiger partial charge in [-0.3, -0.25) is 4.79 Å². The smallest absolute Gasteiger partial charge is 0.434 e. The predicted octanol–water partition coefficient (Wildman–Crippen LogP) is 2.20. The van der Waals surface area contributed by atoms with Gasteiger partial charge in [-0.15, -0.1) is 0 Å². The Bertz CT molecular complexity index is 703. The molecule has 1 atom stereocenters. The molecule has 0 aliphatic heterocycles. The SMILES string of the molecule is COC(=O)c1c(OC)nc(C(F)(F)F)c(C(=O)NCC(C)O)c1CC(C)C.